The lowest BCUT2D eigenvalue weighted by molar-refractivity contribution is -0.131. The molecule has 0 spiro atoms. The average molecular weight is 357 g/mol. The van der Waals surface area contributed by atoms with E-state index in [1.165, 1.54) is 11.8 Å². The maximum Gasteiger partial charge on any atom is 0.321 e. The Morgan fingerprint density at radius 1 is 1.14 bits per heavy atom. The maximum absolute atomic E-state index is 11.9. The number of thioether (sulfide) groups is 1. The summed E-state index contributed by atoms with van der Waals surface area (Å²) in [6, 6.07) is 10.1. The predicted octanol–water partition coefficient (Wildman–Crippen LogP) is 4.42. The average Bonchev–Trinajstić information content (AvgIpc) is 2.96. The molecule has 0 saturated heterocycles. The van der Waals surface area contributed by atoms with E-state index in [2.05, 4.69) is 0 Å². The third kappa shape index (κ3) is 3.61. The van der Waals surface area contributed by atoms with Gasteiger partial charge in [0.2, 0.25) is 6.79 Å². The first-order chi connectivity index (χ1) is 10.6. The summed E-state index contributed by atoms with van der Waals surface area (Å²) in [7, 11) is 0. The van der Waals surface area contributed by atoms with Crippen LogP contribution in [-0.4, -0.2) is 18.5 Å². The second kappa shape index (κ2) is 6.69. The molecule has 0 radical (unpaired) electrons. The molecule has 0 N–H and O–H groups in total. The lowest BCUT2D eigenvalue weighted by Crippen LogP contribution is -2.10. The van der Waals surface area contributed by atoms with Gasteiger partial charge < -0.3 is 14.2 Å². The second-order valence-electron chi connectivity index (χ2n) is 4.35. The molecule has 3 rings (SSSR count). The number of carbonyl (C=O) groups is 1. The Morgan fingerprint density at radius 3 is 2.82 bits per heavy atom. The zero-order valence-electron chi connectivity index (χ0n) is 11.2. The first-order valence-corrected chi connectivity index (χ1v) is 8.04. The second-order valence-corrected chi connectivity index (χ2v) is 6.21. The zero-order valence-corrected chi connectivity index (χ0v) is 13.5. The third-order valence-electron chi connectivity index (χ3n) is 2.81. The van der Waals surface area contributed by atoms with E-state index in [0.717, 1.165) is 4.90 Å². The highest BCUT2D eigenvalue weighted by molar-refractivity contribution is 8.00. The van der Waals surface area contributed by atoms with Crippen molar-refractivity contribution in [2.75, 3.05) is 12.5 Å². The molecule has 0 aliphatic carbocycles. The molecular formula is C15H10Cl2O4S. The van der Waals surface area contributed by atoms with E-state index in [9.17, 15) is 4.79 Å². The van der Waals surface area contributed by atoms with E-state index in [1.54, 1.807) is 36.4 Å². The Labute approximate surface area is 141 Å². The summed E-state index contributed by atoms with van der Waals surface area (Å²) in [4.78, 5) is 12.6. The van der Waals surface area contributed by atoms with Gasteiger partial charge in [0.1, 0.15) is 5.75 Å². The largest absolute Gasteiger partial charge is 0.454 e. The number of hydrogen-bond acceptors (Lipinski definition) is 5. The van der Waals surface area contributed by atoms with Gasteiger partial charge >= 0.3 is 5.97 Å². The van der Waals surface area contributed by atoms with Crippen LogP contribution in [0, 0.1) is 0 Å². The smallest absolute Gasteiger partial charge is 0.321 e. The van der Waals surface area contributed by atoms with Gasteiger partial charge in [0.25, 0.3) is 0 Å². The number of ether oxygens (including phenoxy) is 3. The molecule has 0 unspecified atom stereocenters. The maximum atomic E-state index is 11.9. The van der Waals surface area contributed by atoms with Crippen LogP contribution in [0.25, 0.3) is 0 Å². The van der Waals surface area contributed by atoms with Gasteiger partial charge in [0.15, 0.2) is 11.5 Å². The fraction of sp³-hybridized carbons (Fsp3) is 0.133. The monoisotopic (exact) mass is 356 g/mol. The van der Waals surface area contributed by atoms with Crippen molar-refractivity contribution in [3.63, 3.8) is 0 Å². The number of rotatable bonds is 4. The highest BCUT2D eigenvalue weighted by Crippen LogP contribution is 2.35. The van der Waals surface area contributed by atoms with Crippen molar-refractivity contribution in [3.05, 3.63) is 46.4 Å². The summed E-state index contributed by atoms with van der Waals surface area (Å²) < 4.78 is 15.7. The molecule has 114 valence electrons. The molecule has 0 atom stereocenters. The molecule has 1 aliphatic heterocycles. The van der Waals surface area contributed by atoms with Crippen LogP contribution in [0.15, 0.2) is 41.3 Å². The summed E-state index contributed by atoms with van der Waals surface area (Å²) >= 11 is 13.2. The van der Waals surface area contributed by atoms with Gasteiger partial charge in [-0.1, -0.05) is 23.2 Å². The normalized spacial score (nSPS) is 12.3. The van der Waals surface area contributed by atoms with Gasteiger partial charge in [-0.15, -0.1) is 11.8 Å². The summed E-state index contributed by atoms with van der Waals surface area (Å²) in [5.74, 6) is 1.34. The third-order valence-corrected chi connectivity index (χ3v) is 4.52. The Bertz CT molecular complexity index is 721. The standard InChI is InChI=1S/C15H10Cl2O4S/c16-9-1-3-11(17)14(5-9)22-7-15(18)21-10-2-4-12-13(6-10)20-8-19-12/h1-6H,7-8H2. The number of hydrogen-bond donors (Lipinski definition) is 0. The van der Waals surface area contributed by atoms with Gasteiger partial charge in [0, 0.05) is 16.0 Å². The van der Waals surface area contributed by atoms with E-state index in [1.807, 2.05) is 0 Å². The molecule has 0 aromatic heterocycles. The number of esters is 1. The van der Waals surface area contributed by atoms with Crippen molar-refractivity contribution in [1.29, 1.82) is 0 Å². The molecule has 2 aromatic rings. The van der Waals surface area contributed by atoms with E-state index in [0.29, 0.717) is 27.3 Å². The van der Waals surface area contributed by atoms with Crippen molar-refractivity contribution < 1.29 is 19.0 Å². The zero-order chi connectivity index (χ0) is 15.5. The van der Waals surface area contributed by atoms with Crippen LogP contribution >= 0.6 is 35.0 Å². The van der Waals surface area contributed by atoms with E-state index >= 15 is 0 Å². The summed E-state index contributed by atoms with van der Waals surface area (Å²) in [5, 5.41) is 1.11. The number of benzene rings is 2. The summed E-state index contributed by atoms with van der Waals surface area (Å²) in [6.07, 6.45) is 0. The van der Waals surface area contributed by atoms with Crippen LogP contribution in [0.2, 0.25) is 10.0 Å². The number of fused-ring (bicyclic) bond motifs is 1. The van der Waals surface area contributed by atoms with Gasteiger partial charge in [-0.05, 0) is 30.3 Å². The van der Waals surface area contributed by atoms with Crippen LogP contribution in [0.1, 0.15) is 0 Å². The van der Waals surface area contributed by atoms with Crippen LogP contribution in [0.5, 0.6) is 17.2 Å². The lowest BCUT2D eigenvalue weighted by atomic mass is 10.3. The van der Waals surface area contributed by atoms with Gasteiger partial charge in [-0.3, -0.25) is 4.79 Å². The fourth-order valence-electron chi connectivity index (χ4n) is 1.83. The van der Waals surface area contributed by atoms with Crippen molar-refractivity contribution >= 4 is 40.9 Å². The van der Waals surface area contributed by atoms with Crippen LogP contribution in [0.4, 0.5) is 0 Å². The predicted molar refractivity (Wildman–Crippen MR) is 85.4 cm³/mol. The molecule has 0 saturated carbocycles. The van der Waals surface area contributed by atoms with Crippen molar-refractivity contribution in [2.24, 2.45) is 0 Å². The molecule has 4 nitrogen and oxygen atoms in total. The van der Waals surface area contributed by atoms with Gasteiger partial charge in [0.05, 0.1) is 10.8 Å². The van der Waals surface area contributed by atoms with Crippen LogP contribution in [-0.2, 0) is 4.79 Å². The van der Waals surface area contributed by atoms with Crippen molar-refractivity contribution in [1.82, 2.24) is 0 Å². The molecule has 2 aromatic carbocycles. The molecule has 1 heterocycles. The Balaban J connectivity index is 1.59. The van der Waals surface area contributed by atoms with Crippen molar-refractivity contribution in [3.8, 4) is 17.2 Å². The molecule has 7 heteroatoms. The molecule has 0 amide bonds. The van der Waals surface area contributed by atoms with E-state index in [-0.39, 0.29) is 18.5 Å². The topological polar surface area (TPSA) is 44.8 Å². The highest BCUT2D eigenvalue weighted by Gasteiger charge is 2.15. The number of halogens is 2. The molecule has 22 heavy (non-hydrogen) atoms. The molecule has 0 bridgehead atoms. The molecule has 1 aliphatic rings. The quantitative estimate of drug-likeness (QED) is 0.461. The minimum Gasteiger partial charge on any atom is -0.454 e. The van der Waals surface area contributed by atoms with E-state index < -0.39 is 0 Å². The Hall–Kier alpha value is -1.56. The fourth-order valence-corrected chi connectivity index (χ4v) is 3.09. The summed E-state index contributed by atoms with van der Waals surface area (Å²) in [6.45, 7) is 0.176. The minimum absolute atomic E-state index is 0.120. The molecular weight excluding hydrogens is 347 g/mol. The van der Waals surface area contributed by atoms with Crippen molar-refractivity contribution in [2.45, 2.75) is 4.90 Å². The minimum atomic E-state index is -0.389. The summed E-state index contributed by atoms with van der Waals surface area (Å²) in [5.41, 5.74) is 0. The highest BCUT2D eigenvalue weighted by atomic mass is 35.5. The SMILES string of the molecule is O=C(CSc1cc(Cl)ccc1Cl)Oc1ccc2c(c1)OCO2. The van der Waals surface area contributed by atoms with Gasteiger partial charge in [-0.25, -0.2) is 0 Å². The van der Waals surface area contributed by atoms with E-state index in [4.69, 9.17) is 37.4 Å². The Morgan fingerprint density at radius 2 is 1.95 bits per heavy atom. The van der Waals surface area contributed by atoms with Crippen LogP contribution in [0.3, 0.4) is 0 Å². The first-order valence-electron chi connectivity index (χ1n) is 6.30. The first kappa shape index (κ1) is 15.3. The lowest BCUT2D eigenvalue weighted by Gasteiger charge is -2.06. The number of carbonyl (C=O) groups excluding carboxylic acids is 1. The van der Waals surface area contributed by atoms with Gasteiger partial charge in [-0.2, -0.15) is 0 Å². The van der Waals surface area contributed by atoms with Crippen LogP contribution < -0.4 is 14.2 Å². The molecule has 0 fully saturated rings. The Kier molecular flexibility index (Phi) is 4.66.